The first-order valence-corrected chi connectivity index (χ1v) is 10.3. The summed E-state index contributed by atoms with van der Waals surface area (Å²) in [6, 6.07) is 8.04. The van der Waals surface area contributed by atoms with Crippen molar-refractivity contribution in [3.8, 4) is 0 Å². The maximum atomic E-state index is 13.1. The average Bonchev–Trinajstić information content (AvgIpc) is 2.99. The molecule has 0 spiro atoms. The number of aromatic nitrogens is 2. The standard InChI is InChI=1S/C21H25N5OS/c1-13-18-14(2)22-15(3)23-21(18)28-19(13)20(27)24-16-7-5-6-8-17(16)26-11-9-25(4)10-12-26/h5-8H,9-12H2,1-4H3,(H,24,27). The van der Waals surface area contributed by atoms with Gasteiger partial charge in [0.25, 0.3) is 5.91 Å². The van der Waals surface area contributed by atoms with Gasteiger partial charge in [0.1, 0.15) is 10.7 Å². The van der Waals surface area contributed by atoms with Crippen molar-refractivity contribution in [3.05, 3.63) is 46.2 Å². The van der Waals surface area contributed by atoms with Crippen LogP contribution < -0.4 is 10.2 Å². The summed E-state index contributed by atoms with van der Waals surface area (Å²) in [7, 11) is 2.14. The maximum Gasteiger partial charge on any atom is 0.266 e. The van der Waals surface area contributed by atoms with Gasteiger partial charge < -0.3 is 15.1 Å². The lowest BCUT2D eigenvalue weighted by molar-refractivity contribution is 0.103. The monoisotopic (exact) mass is 395 g/mol. The SMILES string of the molecule is Cc1nc(C)c2c(C)c(C(=O)Nc3ccccc3N3CCN(C)CC3)sc2n1. The molecule has 146 valence electrons. The van der Waals surface area contributed by atoms with Crippen molar-refractivity contribution < 1.29 is 4.79 Å². The third kappa shape index (κ3) is 3.47. The number of hydrogen-bond donors (Lipinski definition) is 1. The fourth-order valence-electron chi connectivity index (χ4n) is 3.77. The van der Waals surface area contributed by atoms with Crippen LogP contribution in [-0.2, 0) is 0 Å². The normalized spacial score (nSPS) is 15.2. The van der Waals surface area contributed by atoms with E-state index in [0.717, 1.165) is 64.9 Å². The van der Waals surface area contributed by atoms with Crippen LogP contribution in [0.4, 0.5) is 11.4 Å². The molecule has 7 heteroatoms. The predicted octanol–water partition coefficient (Wildman–Crippen LogP) is 3.62. The zero-order valence-corrected chi connectivity index (χ0v) is 17.6. The summed E-state index contributed by atoms with van der Waals surface area (Å²) >= 11 is 1.44. The molecule has 1 amide bonds. The summed E-state index contributed by atoms with van der Waals surface area (Å²) in [5, 5.41) is 4.13. The Morgan fingerprint density at radius 1 is 1.07 bits per heavy atom. The van der Waals surface area contributed by atoms with E-state index in [-0.39, 0.29) is 5.91 Å². The summed E-state index contributed by atoms with van der Waals surface area (Å²) in [6.45, 7) is 9.79. The molecule has 2 aromatic heterocycles. The van der Waals surface area contributed by atoms with Crippen molar-refractivity contribution in [2.45, 2.75) is 20.8 Å². The summed E-state index contributed by atoms with van der Waals surface area (Å²) in [4.78, 5) is 28.3. The lowest BCUT2D eigenvalue weighted by Gasteiger charge is -2.35. The van der Waals surface area contributed by atoms with Crippen LogP contribution in [0.25, 0.3) is 10.2 Å². The summed E-state index contributed by atoms with van der Waals surface area (Å²) in [5.41, 5.74) is 3.81. The van der Waals surface area contributed by atoms with Crippen LogP contribution in [0.2, 0.25) is 0 Å². The van der Waals surface area contributed by atoms with Gasteiger partial charge in [0.15, 0.2) is 0 Å². The largest absolute Gasteiger partial charge is 0.367 e. The number of aryl methyl sites for hydroxylation is 3. The minimum absolute atomic E-state index is 0.0841. The van der Waals surface area contributed by atoms with E-state index in [9.17, 15) is 4.79 Å². The molecule has 0 bridgehead atoms. The molecule has 1 aliphatic heterocycles. The van der Waals surface area contributed by atoms with Gasteiger partial charge in [-0.1, -0.05) is 12.1 Å². The van der Waals surface area contributed by atoms with Crippen molar-refractivity contribution in [2.24, 2.45) is 0 Å². The zero-order chi connectivity index (χ0) is 19.8. The molecule has 28 heavy (non-hydrogen) atoms. The lowest BCUT2D eigenvalue weighted by Crippen LogP contribution is -2.44. The van der Waals surface area contributed by atoms with Gasteiger partial charge in [-0.15, -0.1) is 11.3 Å². The molecule has 0 saturated carbocycles. The molecule has 1 fully saturated rings. The van der Waals surface area contributed by atoms with E-state index >= 15 is 0 Å². The quantitative estimate of drug-likeness (QED) is 0.734. The molecule has 3 heterocycles. The molecule has 3 aromatic rings. The number of benzene rings is 1. The van der Waals surface area contributed by atoms with Gasteiger partial charge in [-0.2, -0.15) is 0 Å². The number of amides is 1. The smallest absolute Gasteiger partial charge is 0.266 e. The second-order valence-corrected chi connectivity index (χ2v) is 8.35. The fraction of sp³-hybridized carbons (Fsp3) is 0.381. The highest BCUT2D eigenvalue weighted by atomic mass is 32.1. The topological polar surface area (TPSA) is 61.4 Å². The molecule has 1 aromatic carbocycles. The number of carbonyl (C=O) groups excluding carboxylic acids is 1. The van der Waals surface area contributed by atoms with Crippen LogP contribution in [0.15, 0.2) is 24.3 Å². The van der Waals surface area contributed by atoms with Gasteiger partial charge in [0.2, 0.25) is 0 Å². The summed E-state index contributed by atoms with van der Waals surface area (Å²) < 4.78 is 0. The minimum Gasteiger partial charge on any atom is -0.367 e. The highest BCUT2D eigenvalue weighted by molar-refractivity contribution is 7.20. The van der Waals surface area contributed by atoms with Crippen LogP contribution in [0, 0.1) is 20.8 Å². The number of piperazine rings is 1. The Bertz CT molecular complexity index is 1040. The van der Waals surface area contributed by atoms with Crippen LogP contribution in [0.3, 0.4) is 0 Å². The average molecular weight is 396 g/mol. The third-order valence-corrected chi connectivity index (χ3v) is 6.47. The second-order valence-electron chi connectivity index (χ2n) is 7.35. The van der Waals surface area contributed by atoms with Gasteiger partial charge in [0, 0.05) is 37.3 Å². The molecular formula is C21H25N5OS. The van der Waals surface area contributed by atoms with E-state index in [4.69, 9.17) is 0 Å². The lowest BCUT2D eigenvalue weighted by atomic mass is 10.1. The molecule has 4 rings (SSSR count). The number of nitrogens with one attached hydrogen (secondary N) is 1. The first-order valence-electron chi connectivity index (χ1n) is 9.52. The Kier molecular flexibility index (Phi) is 5.03. The van der Waals surface area contributed by atoms with Crippen molar-refractivity contribution in [1.29, 1.82) is 0 Å². The molecule has 1 aliphatic rings. The molecule has 1 saturated heterocycles. The summed E-state index contributed by atoms with van der Waals surface area (Å²) in [6.07, 6.45) is 0. The van der Waals surface area contributed by atoms with Crippen LogP contribution in [0.5, 0.6) is 0 Å². The van der Waals surface area contributed by atoms with Crippen molar-refractivity contribution in [2.75, 3.05) is 43.4 Å². The number of fused-ring (bicyclic) bond motifs is 1. The Morgan fingerprint density at radius 2 is 1.79 bits per heavy atom. The Balaban J connectivity index is 1.64. The molecule has 6 nitrogen and oxygen atoms in total. The molecule has 0 unspecified atom stereocenters. The number of nitrogens with zero attached hydrogens (tertiary/aromatic N) is 4. The van der Waals surface area contributed by atoms with E-state index in [1.807, 2.05) is 39.0 Å². The number of thiophene rings is 1. The molecule has 1 N–H and O–H groups in total. The Morgan fingerprint density at radius 3 is 2.54 bits per heavy atom. The van der Waals surface area contributed by atoms with E-state index < -0.39 is 0 Å². The number of likely N-dealkylation sites (N-methyl/N-ethyl adjacent to an activating group) is 1. The number of hydrogen-bond acceptors (Lipinski definition) is 6. The number of para-hydroxylation sites is 2. The first-order chi connectivity index (χ1) is 13.4. The van der Waals surface area contributed by atoms with Crippen LogP contribution in [-0.4, -0.2) is 54.0 Å². The number of anilines is 2. The van der Waals surface area contributed by atoms with Crippen molar-refractivity contribution >= 4 is 38.8 Å². The van der Waals surface area contributed by atoms with E-state index in [1.165, 1.54) is 11.3 Å². The predicted molar refractivity (Wildman–Crippen MR) is 116 cm³/mol. The third-order valence-electron chi connectivity index (χ3n) is 5.29. The van der Waals surface area contributed by atoms with E-state index in [0.29, 0.717) is 4.88 Å². The summed E-state index contributed by atoms with van der Waals surface area (Å²) in [5.74, 6) is 0.651. The highest BCUT2D eigenvalue weighted by Gasteiger charge is 2.21. The molecule has 0 aliphatic carbocycles. The number of rotatable bonds is 3. The van der Waals surface area contributed by atoms with Crippen molar-refractivity contribution in [1.82, 2.24) is 14.9 Å². The van der Waals surface area contributed by atoms with Gasteiger partial charge in [-0.05, 0) is 45.5 Å². The van der Waals surface area contributed by atoms with Crippen LogP contribution in [0.1, 0.15) is 26.8 Å². The van der Waals surface area contributed by atoms with Crippen molar-refractivity contribution in [3.63, 3.8) is 0 Å². The Hall–Kier alpha value is -2.51. The highest BCUT2D eigenvalue weighted by Crippen LogP contribution is 2.33. The van der Waals surface area contributed by atoms with Gasteiger partial charge in [-0.25, -0.2) is 9.97 Å². The second kappa shape index (κ2) is 7.48. The first kappa shape index (κ1) is 18.8. The minimum atomic E-state index is -0.0841. The fourth-order valence-corrected chi connectivity index (χ4v) is 4.94. The maximum absolute atomic E-state index is 13.1. The van der Waals surface area contributed by atoms with E-state index in [2.05, 4.69) is 38.2 Å². The van der Waals surface area contributed by atoms with E-state index in [1.54, 1.807) is 0 Å². The number of carbonyl (C=O) groups is 1. The van der Waals surface area contributed by atoms with Crippen LogP contribution >= 0.6 is 11.3 Å². The van der Waals surface area contributed by atoms with Gasteiger partial charge in [0.05, 0.1) is 16.3 Å². The molecule has 0 atom stereocenters. The molecular weight excluding hydrogens is 370 g/mol. The molecule has 0 radical (unpaired) electrons. The van der Waals surface area contributed by atoms with Gasteiger partial charge >= 0.3 is 0 Å². The van der Waals surface area contributed by atoms with Gasteiger partial charge in [-0.3, -0.25) is 4.79 Å². The zero-order valence-electron chi connectivity index (χ0n) is 16.7. The Labute approximate surface area is 169 Å².